The SMILES string of the molecule is CC(F)(F)c1ccc(-c2noc(-c3cccc4c3OCCO4)n2)cc1. The third-order valence-corrected chi connectivity index (χ3v) is 3.87. The maximum absolute atomic E-state index is 13.3. The Hall–Kier alpha value is -2.96. The largest absolute Gasteiger partial charge is 0.486 e. The summed E-state index contributed by atoms with van der Waals surface area (Å²) in [6.07, 6.45) is 0. The van der Waals surface area contributed by atoms with Crippen molar-refractivity contribution in [2.24, 2.45) is 0 Å². The van der Waals surface area contributed by atoms with Crippen LogP contribution in [0.3, 0.4) is 0 Å². The standard InChI is InChI=1S/C18H14F2N2O3/c1-18(19,20)12-7-5-11(6-8-12)16-21-17(25-22-16)13-3-2-4-14-15(13)24-10-9-23-14/h2-8H,9-10H2,1H3. The molecule has 3 aromatic rings. The van der Waals surface area contributed by atoms with E-state index in [2.05, 4.69) is 10.1 Å². The first-order chi connectivity index (χ1) is 12.0. The van der Waals surface area contributed by atoms with Gasteiger partial charge in [-0.05, 0) is 12.1 Å². The van der Waals surface area contributed by atoms with Crippen LogP contribution in [0.4, 0.5) is 8.78 Å². The highest BCUT2D eigenvalue weighted by molar-refractivity contribution is 5.69. The minimum Gasteiger partial charge on any atom is -0.486 e. The van der Waals surface area contributed by atoms with Crippen LogP contribution in [0.5, 0.6) is 11.5 Å². The van der Waals surface area contributed by atoms with E-state index in [0.717, 1.165) is 6.92 Å². The van der Waals surface area contributed by atoms with Gasteiger partial charge in [0.15, 0.2) is 11.5 Å². The molecule has 4 rings (SSSR count). The smallest absolute Gasteiger partial charge is 0.270 e. The van der Waals surface area contributed by atoms with Gasteiger partial charge in [0.2, 0.25) is 5.82 Å². The number of rotatable bonds is 3. The van der Waals surface area contributed by atoms with Crippen molar-refractivity contribution >= 4 is 0 Å². The number of para-hydroxylation sites is 1. The van der Waals surface area contributed by atoms with Crippen molar-refractivity contribution in [1.82, 2.24) is 10.1 Å². The van der Waals surface area contributed by atoms with E-state index >= 15 is 0 Å². The van der Waals surface area contributed by atoms with Gasteiger partial charge in [-0.1, -0.05) is 35.5 Å². The van der Waals surface area contributed by atoms with Crippen molar-refractivity contribution in [1.29, 1.82) is 0 Å². The summed E-state index contributed by atoms with van der Waals surface area (Å²) in [6, 6.07) is 11.2. The Morgan fingerprint density at radius 3 is 2.52 bits per heavy atom. The molecule has 0 saturated carbocycles. The van der Waals surface area contributed by atoms with E-state index < -0.39 is 5.92 Å². The summed E-state index contributed by atoms with van der Waals surface area (Å²) in [5, 5.41) is 3.93. The summed E-state index contributed by atoms with van der Waals surface area (Å²) in [5.41, 5.74) is 1.15. The van der Waals surface area contributed by atoms with Crippen molar-refractivity contribution in [3.8, 4) is 34.3 Å². The summed E-state index contributed by atoms with van der Waals surface area (Å²) in [7, 11) is 0. The second-order valence-electron chi connectivity index (χ2n) is 5.72. The van der Waals surface area contributed by atoms with E-state index in [4.69, 9.17) is 14.0 Å². The first-order valence-electron chi connectivity index (χ1n) is 7.74. The van der Waals surface area contributed by atoms with Crippen LogP contribution in [0, 0.1) is 0 Å². The maximum Gasteiger partial charge on any atom is 0.270 e. The van der Waals surface area contributed by atoms with Gasteiger partial charge >= 0.3 is 0 Å². The number of aromatic nitrogens is 2. The lowest BCUT2D eigenvalue weighted by Crippen LogP contribution is -2.15. The molecule has 0 unspecified atom stereocenters. The van der Waals surface area contributed by atoms with Crippen molar-refractivity contribution in [3.05, 3.63) is 48.0 Å². The molecular weight excluding hydrogens is 330 g/mol. The zero-order valence-corrected chi connectivity index (χ0v) is 13.3. The van der Waals surface area contributed by atoms with Gasteiger partial charge in [-0.3, -0.25) is 0 Å². The maximum atomic E-state index is 13.3. The predicted molar refractivity (Wildman–Crippen MR) is 85.7 cm³/mol. The normalized spacial score (nSPS) is 13.7. The van der Waals surface area contributed by atoms with Crippen LogP contribution in [-0.4, -0.2) is 23.4 Å². The summed E-state index contributed by atoms with van der Waals surface area (Å²) in [4.78, 5) is 4.35. The molecule has 2 aromatic carbocycles. The third kappa shape index (κ3) is 2.93. The van der Waals surface area contributed by atoms with Gasteiger partial charge in [-0.2, -0.15) is 4.98 Å². The first-order valence-corrected chi connectivity index (χ1v) is 7.74. The molecule has 0 atom stereocenters. The minimum absolute atomic E-state index is 0.0670. The number of nitrogens with zero attached hydrogens (tertiary/aromatic N) is 2. The third-order valence-electron chi connectivity index (χ3n) is 3.87. The second-order valence-corrected chi connectivity index (χ2v) is 5.72. The van der Waals surface area contributed by atoms with E-state index in [0.29, 0.717) is 41.7 Å². The molecule has 128 valence electrons. The van der Waals surface area contributed by atoms with Gasteiger partial charge in [0.1, 0.15) is 13.2 Å². The average molecular weight is 344 g/mol. The molecule has 1 aromatic heterocycles. The van der Waals surface area contributed by atoms with E-state index in [-0.39, 0.29) is 11.5 Å². The zero-order chi connectivity index (χ0) is 17.4. The molecular formula is C18H14F2N2O3. The molecule has 0 aliphatic carbocycles. The lowest BCUT2D eigenvalue weighted by atomic mass is 10.1. The highest BCUT2D eigenvalue weighted by Gasteiger charge is 2.24. The molecule has 5 nitrogen and oxygen atoms in total. The van der Waals surface area contributed by atoms with Crippen molar-refractivity contribution in [2.45, 2.75) is 12.8 Å². The average Bonchev–Trinajstić information content (AvgIpc) is 3.10. The quantitative estimate of drug-likeness (QED) is 0.709. The van der Waals surface area contributed by atoms with Crippen LogP contribution < -0.4 is 9.47 Å². The monoisotopic (exact) mass is 344 g/mol. The summed E-state index contributed by atoms with van der Waals surface area (Å²) >= 11 is 0. The van der Waals surface area contributed by atoms with Crippen LogP contribution in [-0.2, 0) is 5.92 Å². The highest BCUT2D eigenvalue weighted by atomic mass is 19.3. The first kappa shape index (κ1) is 15.6. The minimum atomic E-state index is -2.89. The fourth-order valence-electron chi connectivity index (χ4n) is 2.60. The van der Waals surface area contributed by atoms with Crippen LogP contribution >= 0.6 is 0 Å². The number of ether oxygens (including phenoxy) is 2. The Balaban J connectivity index is 1.67. The molecule has 7 heteroatoms. The molecule has 1 aliphatic rings. The molecule has 0 fully saturated rings. The molecule has 0 radical (unpaired) electrons. The number of hydrogen-bond acceptors (Lipinski definition) is 5. The van der Waals surface area contributed by atoms with Gasteiger partial charge in [0.25, 0.3) is 11.8 Å². The molecule has 0 amide bonds. The Labute approximate surface area is 142 Å². The van der Waals surface area contributed by atoms with Gasteiger partial charge in [0, 0.05) is 18.1 Å². The van der Waals surface area contributed by atoms with E-state index in [1.807, 2.05) is 6.07 Å². The van der Waals surface area contributed by atoms with Crippen molar-refractivity contribution < 1.29 is 22.8 Å². The van der Waals surface area contributed by atoms with Crippen molar-refractivity contribution in [3.63, 3.8) is 0 Å². The van der Waals surface area contributed by atoms with Gasteiger partial charge in [-0.15, -0.1) is 0 Å². The highest BCUT2D eigenvalue weighted by Crippen LogP contribution is 2.39. The summed E-state index contributed by atoms with van der Waals surface area (Å²) in [5.74, 6) is -1.11. The second kappa shape index (κ2) is 5.84. The fraction of sp³-hybridized carbons (Fsp3) is 0.222. The Morgan fingerprint density at radius 1 is 1.00 bits per heavy atom. The molecule has 0 N–H and O–H groups in total. The number of alkyl halides is 2. The molecule has 1 aliphatic heterocycles. The molecule has 2 heterocycles. The number of halogens is 2. The van der Waals surface area contributed by atoms with E-state index in [1.165, 1.54) is 12.1 Å². The van der Waals surface area contributed by atoms with E-state index in [1.54, 1.807) is 24.3 Å². The number of benzene rings is 2. The Morgan fingerprint density at radius 2 is 1.76 bits per heavy atom. The molecule has 0 spiro atoms. The number of fused-ring (bicyclic) bond motifs is 1. The lowest BCUT2D eigenvalue weighted by Gasteiger charge is -2.19. The molecule has 0 bridgehead atoms. The van der Waals surface area contributed by atoms with Crippen LogP contribution in [0.25, 0.3) is 22.8 Å². The number of hydrogen-bond donors (Lipinski definition) is 0. The lowest BCUT2D eigenvalue weighted by molar-refractivity contribution is 0.0175. The Kier molecular flexibility index (Phi) is 3.63. The predicted octanol–water partition coefficient (Wildman–Crippen LogP) is 4.29. The van der Waals surface area contributed by atoms with Gasteiger partial charge < -0.3 is 14.0 Å². The van der Waals surface area contributed by atoms with Crippen LogP contribution in [0.2, 0.25) is 0 Å². The summed E-state index contributed by atoms with van der Waals surface area (Å²) in [6.45, 7) is 1.78. The summed E-state index contributed by atoms with van der Waals surface area (Å²) < 4.78 is 43.1. The molecule has 25 heavy (non-hydrogen) atoms. The topological polar surface area (TPSA) is 57.4 Å². The van der Waals surface area contributed by atoms with Crippen molar-refractivity contribution in [2.75, 3.05) is 13.2 Å². The zero-order valence-electron chi connectivity index (χ0n) is 13.3. The fourth-order valence-corrected chi connectivity index (χ4v) is 2.60. The van der Waals surface area contributed by atoms with Crippen LogP contribution in [0.15, 0.2) is 47.0 Å². The Bertz CT molecular complexity index is 901. The van der Waals surface area contributed by atoms with Crippen LogP contribution in [0.1, 0.15) is 12.5 Å². The van der Waals surface area contributed by atoms with Gasteiger partial charge in [-0.25, -0.2) is 8.78 Å². The van der Waals surface area contributed by atoms with Gasteiger partial charge in [0.05, 0.1) is 5.56 Å². The molecule has 0 saturated heterocycles. The van der Waals surface area contributed by atoms with E-state index in [9.17, 15) is 8.78 Å².